The number of nitrogens with zero attached hydrogens (tertiary/aromatic N) is 3. The Morgan fingerprint density at radius 1 is 1.50 bits per heavy atom. The highest BCUT2D eigenvalue weighted by molar-refractivity contribution is 6.32. The van der Waals surface area contributed by atoms with Crippen LogP contribution in [0.1, 0.15) is 19.2 Å². The van der Waals surface area contributed by atoms with Crippen LogP contribution in [0.15, 0.2) is 22.9 Å². The van der Waals surface area contributed by atoms with Gasteiger partial charge in [-0.2, -0.15) is 4.98 Å². The van der Waals surface area contributed by atoms with E-state index >= 15 is 0 Å². The van der Waals surface area contributed by atoms with Gasteiger partial charge < -0.3 is 10.3 Å². The number of pyridine rings is 1. The Labute approximate surface area is 110 Å². The van der Waals surface area contributed by atoms with Crippen LogP contribution in [0.2, 0.25) is 5.02 Å². The number of halogens is 1. The summed E-state index contributed by atoms with van der Waals surface area (Å²) in [6.45, 7) is 2.70. The fraction of sp³-hybridized carbons (Fsp3) is 0.417. The van der Waals surface area contributed by atoms with Gasteiger partial charge in [-0.1, -0.05) is 30.1 Å². The van der Waals surface area contributed by atoms with Crippen molar-refractivity contribution in [1.29, 1.82) is 0 Å². The fourth-order valence-electron chi connectivity index (χ4n) is 1.63. The third-order valence-electron chi connectivity index (χ3n) is 2.81. The van der Waals surface area contributed by atoms with E-state index in [0.29, 0.717) is 41.3 Å². The quantitative estimate of drug-likeness (QED) is 0.898. The van der Waals surface area contributed by atoms with E-state index in [1.165, 1.54) is 0 Å². The predicted molar refractivity (Wildman–Crippen MR) is 69.1 cm³/mol. The van der Waals surface area contributed by atoms with Gasteiger partial charge in [0.15, 0.2) is 0 Å². The summed E-state index contributed by atoms with van der Waals surface area (Å²) >= 11 is 6.02. The molecule has 2 aromatic rings. The first-order valence-electron chi connectivity index (χ1n) is 5.88. The molecule has 0 radical (unpaired) electrons. The van der Waals surface area contributed by atoms with Crippen molar-refractivity contribution in [3.63, 3.8) is 0 Å². The van der Waals surface area contributed by atoms with Gasteiger partial charge in [0.2, 0.25) is 11.7 Å². The Balaban J connectivity index is 2.18. The van der Waals surface area contributed by atoms with Gasteiger partial charge in [0.05, 0.1) is 5.02 Å². The Morgan fingerprint density at radius 3 is 3.00 bits per heavy atom. The Morgan fingerprint density at radius 2 is 2.33 bits per heavy atom. The second kappa shape index (κ2) is 5.93. The van der Waals surface area contributed by atoms with E-state index in [1.54, 1.807) is 18.3 Å². The average Bonchev–Trinajstić information content (AvgIpc) is 2.85. The molecule has 0 bridgehead atoms. The van der Waals surface area contributed by atoms with Crippen LogP contribution in [0.4, 0.5) is 0 Å². The maximum absolute atomic E-state index is 6.02. The van der Waals surface area contributed by atoms with Crippen LogP contribution in [0, 0.1) is 5.92 Å². The number of hydrogen-bond donors (Lipinski definition) is 1. The highest BCUT2D eigenvalue weighted by Gasteiger charge is 2.15. The van der Waals surface area contributed by atoms with E-state index in [1.807, 2.05) is 0 Å². The largest absolute Gasteiger partial charge is 0.339 e. The molecule has 0 aliphatic carbocycles. The van der Waals surface area contributed by atoms with Crippen LogP contribution in [0.3, 0.4) is 0 Å². The molecule has 96 valence electrons. The summed E-state index contributed by atoms with van der Waals surface area (Å²) in [6, 6.07) is 3.50. The van der Waals surface area contributed by atoms with Gasteiger partial charge in [-0.05, 0) is 24.6 Å². The zero-order valence-corrected chi connectivity index (χ0v) is 10.9. The van der Waals surface area contributed by atoms with Crippen LogP contribution in [0.5, 0.6) is 0 Å². The second-order valence-electron chi connectivity index (χ2n) is 4.06. The minimum Gasteiger partial charge on any atom is -0.339 e. The van der Waals surface area contributed by atoms with E-state index < -0.39 is 0 Å². The molecule has 2 N–H and O–H groups in total. The molecule has 0 aliphatic rings. The molecule has 0 aliphatic heterocycles. The molecule has 0 saturated carbocycles. The SMILES string of the molecule is CCC(CN)Cc1nc(-c2ncccc2Cl)no1. The maximum Gasteiger partial charge on any atom is 0.227 e. The third-order valence-corrected chi connectivity index (χ3v) is 3.12. The smallest absolute Gasteiger partial charge is 0.227 e. The minimum atomic E-state index is 0.359. The first-order valence-corrected chi connectivity index (χ1v) is 6.26. The molecule has 1 atom stereocenters. The highest BCUT2D eigenvalue weighted by atomic mass is 35.5. The zero-order valence-electron chi connectivity index (χ0n) is 10.1. The second-order valence-corrected chi connectivity index (χ2v) is 4.47. The third kappa shape index (κ3) is 2.86. The lowest BCUT2D eigenvalue weighted by molar-refractivity contribution is 0.350. The van der Waals surface area contributed by atoms with Crippen LogP contribution >= 0.6 is 11.6 Å². The molecule has 2 rings (SSSR count). The van der Waals surface area contributed by atoms with Crippen molar-refractivity contribution in [2.45, 2.75) is 19.8 Å². The lowest BCUT2D eigenvalue weighted by Gasteiger charge is -2.07. The van der Waals surface area contributed by atoms with Crippen molar-refractivity contribution < 1.29 is 4.52 Å². The Bertz CT molecular complexity index is 510. The van der Waals surface area contributed by atoms with Crippen molar-refractivity contribution in [3.8, 4) is 11.5 Å². The summed E-state index contributed by atoms with van der Waals surface area (Å²) in [5.74, 6) is 1.35. The fourth-order valence-corrected chi connectivity index (χ4v) is 1.83. The molecule has 5 nitrogen and oxygen atoms in total. The molecule has 0 amide bonds. The van der Waals surface area contributed by atoms with Crippen molar-refractivity contribution >= 4 is 11.6 Å². The zero-order chi connectivity index (χ0) is 13.0. The average molecular weight is 267 g/mol. The molecule has 0 saturated heterocycles. The molecular formula is C12H15ClN4O. The highest BCUT2D eigenvalue weighted by Crippen LogP contribution is 2.22. The van der Waals surface area contributed by atoms with Crippen LogP contribution < -0.4 is 5.73 Å². The van der Waals surface area contributed by atoms with Gasteiger partial charge in [0, 0.05) is 12.6 Å². The van der Waals surface area contributed by atoms with Crippen LogP contribution in [0.25, 0.3) is 11.5 Å². The molecule has 2 heterocycles. The number of hydrogen-bond acceptors (Lipinski definition) is 5. The number of aromatic nitrogens is 3. The first-order chi connectivity index (χ1) is 8.74. The van der Waals surface area contributed by atoms with Gasteiger partial charge in [-0.3, -0.25) is 4.98 Å². The Hall–Kier alpha value is -1.46. The van der Waals surface area contributed by atoms with E-state index in [0.717, 1.165) is 6.42 Å². The summed E-state index contributed by atoms with van der Waals surface area (Å²) in [7, 11) is 0. The maximum atomic E-state index is 6.02. The Kier molecular flexibility index (Phi) is 4.28. The molecule has 0 spiro atoms. The van der Waals surface area contributed by atoms with E-state index in [4.69, 9.17) is 21.9 Å². The molecule has 18 heavy (non-hydrogen) atoms. The molecule has 0 fully saturated rings. The van der Waals surface area contributed by atoms with Gasteiger partial charge in [0.1, 0.15) is 5.69 Å². The van der Waals surface area contributed by atoms with Gasteiger partial charge in [0.25, 0.3) is 0 Å². The van der Waals surface area contributed by atoms with E-state index in [-0.39, 0.29) is 0 Å². The van der Waals surface area contributed by atoms with Crippen molar-refractivity contribution in [2.75, 3.05) is 6.54 Å². The summed E-state index contributed by atoms with van der Waals surface area (Å²) < 4.78 is 5.19. The van der Waals surface area contributed by atoms with E-state index in [2.05, 4.69) is 22.0 Å². The van der Waals surface area contributed by atoms with Crippen LogP contribution in [-0.4, -0.2) is 21.7 Å². The van der Waals surface area contributed by atoms with Crippen molar-refractivity contribution in [2.24, 2.45) is 11.7 Å². The molecule has 6 heteroatoms. The van der Waals surface area contributed by atoms with Crippen molar-refractivity contribution in [1.82, 2.24) is 15.1 Å². The summed E-state index contributed by atoms with van der Waals surface area (Å²) in [5.41, 5.74) is 6.19. The summed E-state index contributed by atoms with van der Waals surface area (Å²) in [5, 5.41) is 4.40. The first kappa shape index (κ1) is 13.0. The van der Waals surface area contributed by atoms with Gasteiger partial charge in [-0.15, -0.1) is 0 Å². The van der Waals surface area contributed by atoms with Crippen LogP contribution in [-0.2, 0) is 6.42 Å². The number of rotatable bonds is 5. The standard InChI is InChI=1S/C12H15ClN4O/c1-2-8(7-14)6-10-16-12(17-18-10)11-9(13)4-3-5-15-11/h3-5,8H,2,6-7,14H2,1H3. The predicted octanol–water partition coefficient (Wildman–Crippen LogP) is 2.31. The molecule has 1 unspecified atom stereocenters. The normalized spacial score (nSPS) is 12.6. The lowest BCUT2D eigenvalue weighted by Crippen LogP contribution is -2.15. The monoisotopic (exact) mass is 266 g/mol. The lowest BCUT2D eigenvalue weighted by atomic mass is 10.0. The van der Waals surface area contributed by atoms with Gasteiger partial charge in [-0.25, -0.2) is 0 Å². The van der Waals surface area contributed by atoms with Gasteiger partial charge >= 0.3 is 0 Å². The topological polar surface area (TPSA) is 77.8 Å². The minimum absolute atomic E-state index is 0.359. The van der Waals surface area contributed by atoms with Crippen molar-refractivity contribution in [3.05, 3.63) is 29.2 Å². The molecular weight excluding hydrogens is 252 g/mol. The molecule has 2 aromatic heterocycles. The number of nitrogens with two attached hydrogens (primary N) is 1. The summed E-state index contributed by atoms with van der Waals surface area (Å²) in [6.07, 6.45) is 3.31. The van der Waals surface area contributed by atoms with E-state index in [9.17, 15) is 0 Å². The molecule has 0 aromatic carbocycles. The summed E-state index contributed by atoms with van der Waals surface area (Å²) in [4.78, 5) is 8.44.